The van der Waals surface area contributed by atoms with Crippen molar-refractivity contribution in [3.63, 3.8) is 0 Å². The second kappa shape index (κ2) is 16.8. The van der Waals surface area contributed by atoms with E-state index in [9.17, 15) is 0 Å². The molecule has 3 aromatic heterocycles. The van der Waals surface area contributed by atoms with E-state index < -0.39 is 0 Å². The largest absolute Gasteiger partial charge is 0.479 e. The molecule has 0 bridgehead atoms. The second-order valence-corrected chi connectivity index (χ2v) is 16.0. The number of rotatable bonds is 0. The number of aromatic nitrogens is 3. The lowest BCUT2D eigenvalue weighted by molar-refractivity contribution is 0.173. The molecule has 10 nitrogen and oxygen atoms in total. The van der Waals surface area contributed by atoms with Crippen molar-refractivity contribution in [1.82, 2.24) is 15.3 Å². The van der Waals surface area contributed by atoms with E-state index in [1.165, 1.54) is 5.71 Å². The minimum atomic E-state index is 0.0451. The standard InChI is InChI=1S/C7H13NO.C7H11NO.C7H13NO.2C7H11NO/c2*1-7(2,3)6-8-4-5-9-6;2*1-7(2,3)6-4-5-9-8-6;1-7(2,3)6-4-5-8-9-6/h4-5H2,1-3H3;4-5H,1-3H3;4-5H2,1-3H3;2*4-5H,1-3H3. The lowest BCUT2D eigenvalue weighted by atomic mass is 9.89. The first kappa shape index (κ1) is 39.6. The van der Waals surface area contributed by atoms with Crippen LogP contribution >= 0.6 is 0 Å². The molecule has 0 saturated carbocycles. The minimum absolute atomic E-state index is 0.0451. The Morgan fingerprint density at radius 1 is 0.667 bits per heavy atom. The lowest BCUT2D eigenvalue weighted by Crippen LogP contribution is -2.20. The second-order valence-electron chi connectivity index (χ2n) is 16.0. The molecule has 254 valence electrons. The van der Waals surface area contributed by atoms with E-state index in [-0.39, 0.29) is 27.1 Å². The van der Waals surface area contributed by atoms with E-state index >= 15 is 0 Å². The molecular formula is C35H59N5O5. The highest BCUT2D eigenvalue weighted by Gasteiger charge is 2.23. The molecule has 2 aliphatic rings. The Kier molecular flexibility index (Phi) is 14.7. The maximum Gasteiger partial charge on any atom is 0.199 e. The molecule has 0 aliphatic carbocycles. The molecule has 0 atom stereocenters. The van der Waals surface area contributed by atoms with Gasteiger partial charge in [-0.15, -0.1) is 0 Å². The van der Waals surface area contributed by atoms with E-state index in [0.29, 0.717) is 0 Å². The Hall–Kier alpha value is -3.43. The molecule has 0 unspecified atom stereocenters. The summed E-state index contributed by atoms with van der Waals surface area (Å²) in [4.78, 5) is 13.1. The first-order valence-electron chi connectivity index (χ1n) is 15.6. The average molecular weight is 630 g/mol. The third-order valence-corrected chi connectivity index (χ3v) is 6.15. The molecule has 3 aromatic rings. The van der Waals surface area contributed by atoms with Gasteiger partial charge in [-0.1, -0.05) is 119 Å². The number of oxazole rings is 1. The number of oxime groups is 1. The van der Waals surface area contributed by atoms with Crippen LogP contribution in [-0.4, -0.2) is 46.7 Å². The van der Waals surface area contributed by atoms with Crippen molar-refractivity contribution in [3.05, 3.63) is 54.4 Å². The van der Waals surface area contributed by atoms with Gasteiger partial charge in [0.25, 0.3) is 0 Å². The van der Waals surface area contributed by atoms with Gasteiger partial charge in [-0.05, 0) is 0 Å². The van der Waals surface area contributed by atoms with Gasteiger partial charge in [0.05, 0.1) is 30.3 Å². The topological polar surface area (TPSA) is 121 Å². The van der Waals surface area contributed by atoms with Crippen molar-refractivity contribution < 1.29 is 23.0 Å². The fourth-order valence-electron chi connectivity index (χ4n) is 3.41. The van der Waals surface area contributed by atoms with Gasteiger partial charge in [0.15, 0.2) is 11.8 Å². The van der Waals surface area contributed by atoms with Crippen molar-refractivity contribution >= 4 is 11.6 Å². The molecule has 0 fully saturated rings. The zero-order valence-electron chi connectivity index (χ0n) is 30.6. The predicted molar refractivity (Wildman–Crippen MR) is 181 cm³/mol. The van der Waals surface area contributed by atoms with E-state index in [2.05, 4.69) is 129 Å². The summed E-state index contributed by atoms with van der Waals surface area (Å²) in [6, 6.07) is 3.78. The highest BCUT2D eigenvalue weighted by Crippen LogP contribution is 2.23. The third kappa shape index (κ3) is 15.9. The predicted octanol–water partition coefficient (Wildman–Crippen LogP) is 9.19. The highest BCUT2D eigenvalue weighted by molar-refractivity contribution is 5.89. The molecule has 0 N–H and O–H groups in total. The van der Waals surface area contributed by atoms with Crippen molar-refractivity contribution in [2.75, 3.05) is 19.8 Å². The number of aliphatic imine (C=N–C) groups is 1. The van der Waals surface area contributed by atoms with Crippen LogP contribution in [0.15, 0.2) is 60.7 Å². The maximum absolute atomic E-state index is 5.27. The van der Waals surface area contributed by atoms with Gasteiger partial charge < -0.3 is 23.0 Å². The smallest absolute Gasteiger partial charge is 0.199 e. The zero-order valence-corrected chi connectivity index (χ0v) is 30.6. The Morgan fingerprint density at radius 3 is 1.56 bits per heavy atom. The SMILES string of the molecule is CC(C)(C)C1=NCCO1.CC(C)(C)C1=NOCC1.CC(C)(C)c1ccno1.CC(C)(C)c1ccon1.CC(C)(C)c1ncco1. The quantitative estimate of drug-likeness (QED) is 0.241. The molecule has 0 amide bonds. The Morgan fingerprint density at radius 2 is 1.33 bits per heavy atom. The summed E-state index contributed by atoms with van der Waals surface area (Å²) in [6.07, 6.45) is 7.53. The fourth-order valence-corrected chi connectivity index (χ4v) is 3.41. The van der Waals surface area contributed by atoms with E-state index in [1.807, 2.05) is 12.1 Å². The van der Waals surface area contributed by atoms with Crippen LogP contribution < -0.4 is 0 Å². The molecule has 10 heteroatoms. The van der Waals surface area contributed by atoms with Crippen LogP contribution in [0.2, 0.25) is 0 Å². The summed E-state index contributed by atoms with van der Waals surface area (Å²) in [6.45, 7) is 33.9. The van der Waals surface area contributed by atoms with Crippen LogP contribution in [-0.2, 0) is 25.8 Å². The van der Waals surface area contributed by atoms with Crippen molar-refractivity contribution in [2.45, 2.75) is 127 Å². The van der Waals surface area contributed by atoms with E-state index in [4.69, 9.17) is 23.0 Å². The Labute approximate surface area is 271 Å². The number of ether oxygens (including phenoxy) is 1. The molecule has 0 spiro atoms. The van der Waals surface area contributed by atoms with Crippen molar-refractivity contribution in [2.24, 2.45) is 21.0 Å². The third-order valence-electron chi connectivity index (χ3n) is 6.15. The Bertz CT molecular complexity index is 1100. The number of nitrogens with zero attached hydrogens (tertiary/aromatic N) is 5. The highest BCUT2D eigenvalue weighted by atomic mass is 16.6. The summed E-state index contributed by atoms with van der Waals surface area (Å²) in [7, 11) is 0. The van der Waals surface area contributed by atoms with Crippen LogP contribution in [0.3, 0.4) is 0 Å². The van der Waals surface area contributed by atoms with Gasteiger partial charge in [0.2, 0.25) is 0 Å². The summed E-state index contributed by atoms with van der Waals surface area (Å²) in [5, 5.41) is 11.3. The maximum atomic E-state index is 5.27. The van der Waals surface area contributed by atoms with Crippen LogP contribution in [0.25, 0.3) is 0 Å². The van der Waals surface area contributed by atoms with Crippen molar-refractivity contribution in [3.8, 4) is 0 Å². The molecule has 2 aliphatic heterocycles. The van der Waals surface area contributed by atoms with Gasteiger partial charge in [0, 0.05) is 45.6 Å². The summed E-state index contributed by atoms with van der Waals surface area (Å²) >= 11 is 0. The number of hydrogen-bond donors (Lipinski definition) is 0. The van der Waals surface area contributed by atoms with Crippen LogP contribution in [0, 0.1) is 10.8 Å². The van der Waals surface area contributed by atoms with E-state index in [1.54, 1.807) is 24.9 Å². The molecule has 5 rings (SSSR count). The molecule has 45 heavy (non-hydrogen) atoms. The fraction of sp³-hybridized carbons (Fsp3) is 0.686. The summed E-state index contributed by atoms with van der Waals surface area (Å²) in [5.74, 6) is 2.63. The average Bonchev–Trinajstić information content (AvgIpc) is 3.75. The first-order chi connectivity index (χ1) is 20.5. The van der Waals surface area contributed by atoms with Gasteiger partial charge >= 0.3 is 0 Å². The first-order valence-corrected chi connectivity index (χ1v) is 15.6. The zero-order chi connectivity index (χ0) is 34.5. The lowest BCUT2D eigenvalue weighted by Gasteiger charge is -2.16. The molecule has 0 radical (unpaired) electrons. The molecular weight excluding hydrogens is 570 g/mol. The van der Waals surface area contributed by atoms with Crippen molar-refractivity contribution in [1.29, 1.82) is 0 Å². The molecule has 0 aromatic carbocycles. The van der Waals surface area contributed by atoms with Crippen LogP contribution in [0.4, 0.5) is 0 Å². The minimum Gasteiger partial charge on any atom is -0.479 e. The van der Waals surface area contributed by atoms with Gasteiger partial charge in [0.1, 0.15) is 31.5 Å². The summed E-state index contributed by atoms with van der Waals surface area (Å²) in [5.41, 5.74) is 2.75. The van der Waals surface area contributed by atoms with Gasteiger partial charge in [-0.2, -0.15) is 0 Å². The van der Waals surface area contributed by atoms with Gasteiger partial charge in [-0.25, -0.2) is 4.98 Å². The monoisotopic (exact) mass is 629 g/mol. The normalized spacial score (nSPS) is 14.8. The Balaban J connectivity index is 0.000000281. The van der Waals surface area contributed by atoms with E-state index in [0.717, 1.165) is 49.4 Å². The van der Waals surface area contributed by atoms with Crippen LogP contribution in [0.5, 0.6) is 0 Å². The molecule has 5 heterocycles. The molecule has 0 saturated heterocycles. The number of hydrogen-bond acceptors (Lipinski definition) is 10. The van der Waals surface area contributed by atoms with Crippen LogP contribution in [0.1, 0.15) is 128 Å². The van der Waals surface area contributed by atoms with Gasteiger partial charge in [-0.3, -0.25) is 4.99 Å². The summed E-state index contributed by atoms with van der Waals surface area (Å²) < 4.78 is 20.0.